The van der Waals surface area contributed by atoms with Crippen LogP contribution in [0.15, 0.2) is 40.9 Å². The van der Waals surface area contributed by atoms with Gasteiger partial charge in [-0.3, -0.25) is 0 Å². The molecule has 2 aromatic rings. The smallest absolute Gasteiger partial charge is 0.0403 e. The van der Waals surface area contributed by atoms with Gasteiger partial charge >= 0.3 is 0 Å². The maximum Gasteiger partial charge on any atom is 0.0403 e. The molecule has 2 heteroatoms. The van der Waals surface area contributed by atoms with E-state index >= 15 is 0 Å². The fourth-order valence-corrected chi connectivity index (χ4v) is 3.55. The number of halogens is 1. The lowest BCUT2D eigenvalue weighted by Crippen LogP contribution is -2.05. The van der Waals surface area contributed by atoms with Gasteiger partial charge in [-0.2, -0.15) is 0 Å². The van der Waals surface area contributed by atoms with Crippen molar-refractivity contribution in [1.29, 1.82) is 0 Å². The van der Waals surface area contributed by atoms with Crippen molar-refractivity contribution in [1.82, 2.24) is 0 Å². The highest BCUT2D eigenvalue weighted by atomic mass is 79.9. The number of nitrogens with one attached hydrogen (secondary N) is 1. The summed E-state index contributed by atoms with van der Waals surface area (Å²) in [5, 5.41) is 3.63. The van der Waals surface area contributed by atoms with Crippen LogP contribution in [-0.2, 0) is 6.54 Å². The summed E-state index contributed by atoms with van der Waals surface area (Å²) < 4.78 is 1.15. The number of aryl methyl sites for hydroxylation is 2. The Morgan fingerprint density at radius 2 is 1.75 bits per heavy atom. The zero-order valence-electron chi connectivity index (χ0n) is 12.0. The largest absolute Gasteiger partial charge is 0.381 e. The number of anilines is 1. The molecule has 0 spiro atoms. The van der Waals surface area contributed by atoms with Crippen molar-refractivity contribution in [3.05, 3.63) is 63.1 Å². The van der Waals surface area contributed by atoms with Gasteiger partial charge in [0.05, 0.1) is 0 Å². The van der Waals surface area contributed by atoms with E-state index < -0.39 is 0 Å². The molecular weight excluding hydrogens is 310 g/mol. The van der Waals surface area contributed by atoms with Gasteiger partial charge in [-0.15, -0.1) is 0 Å². The predicted molar refractivity (Wildman–Crippen MR) is 89.4 cm³/mol. The summed E-state index contributed by atoms with van der Waals surface area (Å²) in [4.78, 5) is 0. The lowest BCUT2D eigenvalue weighted by molar-refractivity contribution is 1.03. The van der Waals surface area contributed by atoms with E-state index in [1.165, 1.54) is 40.8 Å². The Labute approximate surface area is 129 Å². The summed E-state index contributed by atoms with van der Waals surface area (Å²) in [6.07, 6.45) is 2.71. The van der Waals surface area contributed by atoms with Crippen LogP contribution < -0.4 is 5.32 Å². The van der Waals surface area contributed by atoms with Crippen LogP contribution >= 0.6 is 15.9 Å². The van der Waals surface area contributed by atoms with Crippen LogP contribution in [-0.4, -0.2) is 0 Å². The van der Waals surface area contributed by atoms with Crippen LogP contribution in [0.3, 0.4) is 0 Å². The maximum absolute atomic E-state index is 3.63. The summed E-state index contributed by atoms with van der Waals surface area (Å²) in [5.41, 5.74) is 6.82. The third-order valence-electron chi connectivity index (χ3n) is 4.03. The van der Waals surface area contributed by atoms with Crippen LogP contribution in [0.2, 0.25) is 0 Å². The SMILES string of the molecule is Cc1cc(Br)cc(C)c1NCc1ccccc1C1CC1. The van der Waals surface area contributed by atoms with Gasteiger partial charge in [0.25, 0.3) is 0 Å². The Morgan fingerprint density at radius 3 is 2.40 bits per heavy atom. The Hall–Kier alpha value is -1.28. The Kier molecular flexibility index (Phi) is 3.84. The summed E-state index contributed by atoms with van der Waals surface area (Å²) >= 11 is 3.55. The molecule has 0 unspecified atom stereocenters. The van der Waals surface area contributed by atoms with E-state index in [-0.39, 0.29) is 0 Å². The van der Waals surface area contributed by atoms with Crippen molar-refractivity contribution in [3.8, 4) is 0 Å². The van der Waals surface area contributed by atoms with Gasteiger partial charge in [-0.1, -0.05) is 40.2 Å². The monoisotopic (exact) mass is 329 g/mol. The second-order valence-corrected chi connectivity index (χ2v) is 6.66. The van der Waals surface area contributed by atoms with Crippen molar-refractivity contribution in [2.24, 2.45) is 0 Å². The Morgan fingerprint density at radius 1 is 1.10 bits per heavy atom. The second-order valence-electron chi connectivity index (χ2n) is 5.74. The highest BCUT2D eigenvalue weighted by Gasteiger charge is 2.25. The first-order valence-electron chi connectivity index (χ1n) is 7.23. The molecule has 1 saturated carbocycles. The quantitative estimate of drug-likeness (QED) is 0.774. The molecule has 1 aliphatic carbocycles. The molecule has 1 fully saturated rings. The van der Waals surface area contributed by atoms with E-state index in [1.807, 2.05) is 0 Å². The molecule has 0 amide bonds. The fourth-order valence-electron chi connectivity index (χ4n) is 2.86. The van der Waals surface area contributed by atoms with Crippen LogP contribution in [0, 0.1) is 13.8 Å². The van der Waals surface area contributed by atoms with Gasteiger partial charge in [0.1, 0.15) is 0 Å². The molecule has 3 rings (SSSR count). The molecule has 0 aliphatic heterocycles. The average molecular weight is 330 g/mol. The number of benzene rings is 2. The van der Waals surface area contributed by atoms with Gasteiger partial charge in [-0.05, 0) is 67.0 Å². The lowest BCUT2D eigenvalue weighted by atomic mass is 10.0. The molecule has 20 heavy (non-hydrogen) atoms. The topological polar surface area (TPSA) is 12.0 Å². The van der Waals surface area contributed by atoms with Crippen molar-refractivity contribution >= 4 is 21.6 Å². The molecule has 0 aromatic heterocycles. The first kappa shape index (κ1) is 13.7. The van der Waals surface area contributed by atoms with E-state index in [1.54, 1.807) is 0 Å². The summed E-state index contributed by atoms with van der Waals surface area (Å²) in [6, 6.07) is 13.2. The minimum absolute atomic E-state index is 0.806. The van der Waals surface area contributed by atoms with Crippen molar-refractivity contribution in [2.45, 2.75) is 39.2 Å². The molecule has 0 atom stereocenters. The van der Waals surface area contributed by atoms with Gasteiger partial charge < -0.3 is 5.32 Å². The van der Waals surface area contributed by atoms with E-state index in [2.05, 4.69) is 71.5 Å². The Bertz CT molecular complexity index is 606. The lowest BCUT2D eigenvalue weighted by Gasteiger charge is -2.15. The van der Waals surface area contributed by atoms with Crippen molar-refractivity contribution in [2.75, 3.05) is 5.32 Å². The molecule has 2 aromatic carbocycles. The van der Waals surface area contributed by atoms with Crippen LogP contribution in [0.4, 0.5) is 5.69 Å². The Balaban J connectivity index is 1.80. The fraction of sp³-hybridized carbons (Fsp3) is 0.333. The molecular formula is C18H20BrN. The third kappa shape index (κ3) is 2.90. The highest BCUT2D eigenvalue weighted by molar-refractivity contribution is 9.10. The van der Waals surface area contributed by atoms with E-state index in [0.29, 0.717) is 0 Å². The summed E-state index contributed by atoms with van der Waals surface area (Å²) in [6.45, 7) is 5.23. The molecule has 104 valence electrons. The third-order valence-corrected chi connectivity index (χ3v) is 4.48. The van der Waals surface area contributed by atoms with Gasteiger partial charge in [0.2, 0.25) is 0 Å². The normalized spacial score (nSPS) is 14.3. The predicted octanol–water partition coefficient (Wildman–Crippen LogP) is 5.56. The molecule has 1 N–H and O–H groups in total. The van der Waals surface area contributed by atoms with Crippen molar-refractivity contribution < 1.29 is 0 Å². The zero-order chi connectivity index (χ0) is 14.1. The van der Waals surface area contributed by atoms with Gasteiger partial charge in [-0.25, -0.2) is 0 Å². The number of hydrogen-bond donors (Lipinski definition) is 1. The van der Waals surface area contributed by atoms with E-state index in [9.17, 15) is 0 Å². The minimum Gasteiger partial charge on any atom is -0.381 e. The zero-order valence-corrected chi connectivity index (χ0v) is 13.6. The maximum atomic E-state index is 3.63. The second kappa shape index (κ2) is 5.61. The highest BCUT2D eigenvalue weighted by Crippen LogP contribution is 2.41. The first-order chi connectivity index (χ1) is 9.65. The van der Waals surface area contributed by atoms with E-state index in [0.717, 1.165) is 16.9 Å². The average Bonchev–Trinajstić information content (AvgIpc) is 3.22. The minimum atomic E-state index is 0.806. The van der Waals surface area contributed by atoms with E-state index in [4.69, 9.17) is 0 Å². The number of rotatable bonds is 4. The summed E-state index contributed by atoms with van der Waals surface area (Å²) in [5.74, 6) is 0.806. The molecule has 0 saturated heterocycles. The summed E-state index contributed by atoms with van der Waals surface area (Å²) in [7, 11) is 0. The molecule has 0 radical (unpaired) electrons. The standard InChI is InChI=1S/C18H20BrN/c1-12-9-16(19)10-13(2)18(12)20-11-15-5-3-4-6-17(15)14-7-8-14/h3-6,9-10,14,20H,7-8,11H2,1-2H3. The van der Waals surface area contributed by atoms with Crippen LogP contribution in [0.5, 0.6) is 0 Å². The van der Waals surface area contributed by atoms with Crippen molar-refractivity contribution in [3.63, 3.8) is 0 Å². The molecule has 1 nitrogen and oxygen atoms in total. The molecule has 0 bridgehead atoms. The van der Waals surface area contributed by atoms with Gasteiger partial charge in [0.15, 0.2) is 0 Å². The van der Waals surface area contributed by atoms with Gasteiger partial charge in [0, 0.05) is 16.7 Å². The molecule has 0 heterocycles. The number of hydrogen-bond acceptors (Lipinski definition) is 1. The van der Waals surface area contributed by atoms with Crippen LogP contribution in [0.1, 0.15) is 41.0 Å². The molecule has 1 aliphatic rings. The first-order valence-corrected chi connectivity index (χ1v) is 8.03. The van der Waals surface area contributed by atoms with Crippen LogP contribution in [0.25, 0.3) is 0 Å².